The fourth-order valence-corrected chi connectivity index (χ4v) is 6.45. The van der Waals surface area contributed by atoms with Gasteiger partial charge in [0.1, 0.15) is 30.6 Å². The predicted octanol–water partition coefficient (Wildman–Crippen LogP) is 0.308. The molecule has 0 bridgehead atoms. The second kappa shape index (κ2) is 11.3. The summed E-state index contributed by atoms with van der Waals surface area (Å²) < 4.78 is 52.2. The minimum atomic E-state index is -3.88. The van der Waals surface area contributed by atoms with Crippen LogP contribution in [0.3, 0.4) is 0 Å². The third-order valence-corrected chi connectivity index (χ3v) is 9.58. The Morgan fingerprint density at radius 1 is 1.07 bits per heavy atom. The Balaban J connectivity index is 1.32. The van der Waals surface area contributed by atoms with Crippen molar-refractivity contribution in [1.82, 2.24) is 33.0 Å². The summed E-state index contributed by atoms with van der Waals surface area (Å²) in [6.45, 7) is 0.774. The SMILES string of the molecule is CS(=O)(=O)N1CCC(Nc2ncc3ccc(=O)n(C(C=O)CNc4ccc(S(=O)(=O)n5cncn5)cc4)c3n2)CC1. The first-order valence-corrected chi connectivity index (χ1v) is 15.8. The summed E-state index contributed by atoms with van der Waals surface area (Å²) in [5, 5.41) is 10.5. The van der Waals surface area contributed by atoms with Crippen LogP contribution in [0.1, 0.15) is 18.9 Å². The van der Waals surface area contributed by atoms with E-state index in [2.05, 4.69) is 30.7 Å². The Morgan fingerprint density at radius 3 is 2.44 bits per heavy atom. The zero-order valence-corrected chi connectivity index (χ0v) is 23.5. The van der Waals surface area contributed by atoms with Gasteiger partial charge in [0.15, 0.2) is 0 Å². The van der Waals surface area contributed by atoms with Crippen molar-refractivity contribution in [2.45, 2.75) is 29.8 Å². The molecule has 4 heterocycles. The van der Waals surface area contributed by atoms with Crippen molar-refractivity contribution in [2.75, 3.05) is 36.5 Å². The lowest BCUT2D eigenvalue weighted by Crippen LogP contribution is -2.42. The highest BCUT2D eigenvalue weighted by Crippen LogP contribution is 2.20. The van der Waals surface area contributed by atoms with Crippen LogP contribution < -0.4 is 16.2 Å². The maximum Gasteiger partial charge on any atom is 0.284 e. The molecule has 0 radical (unpaired) electrons. The molecule has 1 aromatic carbocycles. The minimum absolute atomic E-state index is 0.00415. The molecule has 41 heavy (non-hydrogen) atoms. The molecule has 0 aliphatic carbocycles. The highest BCUT2D eigenvalue weighted by molar-refractivity contribution is 7.89. The van der Waals surface area contributed by atoms with Gasteiger partial charge in [-0.05, 0) is 43.2 Å². The van der Waals surface area contributed by atoms with E-state index in [-0.39, 0.29) is 29.1 Å². The molecule has 216 valence electrons. The molecule has 15 nitrogen and oxygen atoms in total. The number of aldehydes is 1. The smallest absolute Gasteiger partial charge is 0.284 e. The number of nitrogens with one attached hydrogen (secondary N) is 2. The number of hydrogen-bond acceptors (Lipinski definition) is 12. The Hall–Kier alpha value is -4.22. The Labute approximate surface area is 235 Å². The van der Waals surface area contributed by atoms with Gasteiger partial charge in [0.05, 0.1) is 11.2 Å². The highest BCUT2D eigenvalue weighted by atomic mass is 32.2. The van der Waals surface area contributed by atoms with Gasteiger partial charge in [0.25, 0.3) is 15.6 Å². The van der Waals surface area contributed by atoms with E-state index in [4.69, 9.17) is 0 Å². The van der Waals surface area contributed by atoms with E-state index in [0.717, 1.165) is 16.7 Å². The van der Waals surface area contributed by atoms with Crippen LogP contribution in [0.25, 0.3) is 11.0 Å². The third-order valence-electron chi connectivity index (χ3n) is 6.72. The lowest BCUT2D eigenvalue weighted by molar-refractivity contribution is -0.110. The summed E-state index contributed by atoms with van der Waals surface area (Å²) in [4.78, 5) is 37.6. The fourth-order valence-electron chi connectivity index (χ4n) is 4.54. The van der Waals surface area contributed by atoms with Crippen molar-refractivity contribution in [2.24, 2.45) is 0 Å². The summed E-state index contributed by atoms with van der Waals surface area (Å²) in [6, 6.07) is 7.77. The normalized spacial score (nSPS) is 15.9. The van der Waals surface area contributed by atoms with E-state index in [1.807, 2.05) is 0 Å². The summed E-state index contributed by atoms with van der Waals surface area (Å²) in [7, 11) is -7.13. The van der Waals surface area contributed by atoms with Crippen molar-refractivity contribution in [1.29, 1.82) is 0 Å². The van der Waals surface area contributed by atoms with Crippen molar-refractivity contribution in [3.8, 4) is 0 Å². The largest absolute Gasteiger partial charge is 0.383 e. The van der Waals surface area contributed by atoms with E-state index >= 15 is 0 Å². The van der Waals surface area contributed by atoms with Gasteiger partial charge in [-0.2, -0.15) is 13.4 Å². The molecule has 0 amide bonds. The monoisotopic (exact) mass is 601 g/mol. The molecule has 17 heteroatoms. The number of hydrogen-bond donors (Lipinski definition) is 2. The Bertz CT molecular complexity index is 1820. The van der Waals surface area contributed by atoms with Crippen LogP contribution in [0.5, 0.6) is 0 Å². The average Bonchev–Trinajstić information content (AvgIpc) is 3.51. The van der Waals surface area contributed by atoms with Crippen LogP contribution in [0.2, 0.25) is 0 Å². The molecular formula is C24H27N9O6S2. The van der Waals surface area contributed by atoms with Crippen LogP contribution in [0.4, 0.5) is 11.6 Å². The average molecular weight is 602 g/mol. The topological polar surface area (TPSA) is 191 Å². The number of pyridine rings is 1. The van der Waals surface area contributed by atoms with Gasteiger partial charge in [-0.15, -0.1) is 9.19 Å². The van der Waals surface area contributed by atoms with Crippen LogP contribution in [0.15, 0.2) is 64.9 Å². The lowest BCUT2D eigenvalue weighted by atomic mass is 10.1. The summed E-state index contributed by atoms with van der Waals surface area (Å²) >= 11 is 0. The van der Waals surface area contributed by atoms with Crippen LogP contribution >= 0.6 is 0 Å². The molecule has 0 saturated carbocycles. The number of sulfonamides is 1. The number of fused-ring (bicyclic) bond motifs is 1. The van der Waals surface area contributed by atoms with E-state index < -0.39 is 31.6 Å². The number of rotatable bonds is 10. The summed E-state index contributed by atoms with van der Waals surface area (Å²) in [5.74, 6) is 0.261. The molecule has 2 N–H and O–H groups in total. The van der Waals surface area contributed by atoms with E-state index in [9.17, 15) is 26.4 Å². The van der Waals surface area contributed by atoms with E-state index in [1.165, 1.54) is 45.5 Å². The quantitative estimate of drug-likeness (QED) is 0.237. The maximum absolute atomic E-state index is 12.9. The van der Waals surface area contributed by atoms with Gasteiger partial charge >= 0.3 is 0 Å². The molecule has 1 aliphatic heterocycles. The first-order chi connectivity index (χ1) is 19.6. The number of carbonyl (C=O) groups is 1. The van der Waals surface area contributed by atoms with Crippen LogP contribution in [-0.4, -0.2) is 88.1 Å². The van der Waals surface area contributed by atoms with Crippen LogP contribution in [-0.2, 0) is 24.8 Å². The number of aromatic nitrogens is 6. The Kier molecular flexibility index (Phi) is 7.83. The van der Waals surface area contributed by atoms with E-state index in [1.54, 1.807) is 12.3 Å². The summed E-state index contributed by atoms with van der Waals surface area (Å²) in [6.07, 6.45) is 6.71. The van der Waals surface area contributed by atoms with Gasteiger partial charge in [-0.1, -0.05) is 0 Å². The predicted molar refractivity (Wildman–Crippen MR) is 149 cm³/mol. The second-order valence-electron chi connectivity index (χ2n) is 9.48. The van der Waals surface area contributed by atoms with E-state index in [0.29, 0.717) is 43.3 Å². The van der Waals surface area contributed by atoms with Crippen molar-refractivity contribution < 1.29 is 21.6 Å². The number of anilines is 2. The van der Waals surface area contributed by atoms with Gasteiger partial charge < -0.3 is 15.4 Å². The molecule has 1 unspecified atom stereocenters. The minimum Gasteiger partial charge on any atom is -0.383 e. The molecule has 1 fully saturated rings. The zero-order valence-electron chi connectivity index (χ0n) is 21.9. The first kappa shape index (κ1) is 28.3. The molecular weight excluding hydrogens is 574 g/mol. The fraction of sp³-hybridized carbons (Fsp3) is 0.333. The molecule has 4 aromatic rings. The first-order valence-electron chi connectivity index (χ1n) is 12.6. The number of piperidine rings is 1. The molecule has 3 aromatic heterocycles. The zero-order chi connectivity index (χ0) is 29.2. The Morgan fingerprint density at radius 2 is 1.80 bits per heavy atom. The molecule has 1 atom stereocenters. The molecule has 0 spiro atoms. The van der Waals surface area contributed by atoms with Crippen molar-refractivity contribution in [3.63, 3.8) is 0 Å². The van der Waals surface area contributed by atoms with Crippen molar-refractivity contribution in [3.05, 3.63) is 65.6 Å². The van der Waals surface area contributed by atoms with Crippen LogP contribution in [0, 0.1) is 0 Å². The van der Waals surface area contributed by atoms with Gasteiger partial charge in [-0.3, -0.25) is 9.36 Å². The number of carbonyl (C=O) groups excluding carboxylic acids is 1. The lowest BCUT2D eigenvalue weighted by Gasteiger charge is -2.30. The maximum atomic E-state index is 12.9. The third kappa shape index (κ3) is 6.10. The molecule has 5 rings (SSSR count). The van der Waals surface area contributed by atoms with Gasteiger partial charge in [-0.25, -0.2) is 22.7 Å². The van der Waals surface area contributed by atoms with Gasteiger partial charge in [0.2, 0.25) is 16.0 Å². The number of benzene rings is 1. The summed E-state index contributed by atoms with van der Waals surface area (Å²) in [5.41, 5.74) is 0.355. The standard InChI is InChI=1S/C24H27N9O6S2/c1-40(36,37)31-10-8-19(9-11-31)29-24-27-12-17-2-7-22(35)33(23(17)30-24)20(14-34)13-26-18-3-5-21(6-4-18)41(38,39)32-16-25-15-28-32/h2-7,12,14-16,19-20,26H,8-11,13H2,1H3,(H,27,29,30). The number of nitrogens with zero attached hydrogens (tertiary/aromatic N) is 7. The second-order valence-corrected chi connectivity index (χ2v) is 13.3. The highest BCUT2D eigenvalue weighted by Gasteiger charge is 2.25. The molecule has 1 aliphatic rings. The van der Waals surface area contributed by atoms with Gasteiger partial charge in [0, 0.05) is 49.0 Å². The molecule has 1 saturated heterocycles. The van der Waals surface area contributed by atoms with Crippen molar-refractivity contribution >= 4 is 49.0 Å².